The summed E-state index contributed by atoms with van der Waals surface area (Å²) in [6, 6.07) is 7.10. The Kier molecular flexibility index (Phi) is 5.32. The maximum Gasteiger partial charge on any atom is 0.260 e. The molecule has 1 atom stereocenters. The average Bonchev–Trinajstić information content (AvgIpc) is 2.94. The van der Waals surface area contributed by atoms with Crippen LogP contribution in [0.1, 0.15) is 6.42 Å². The number of rotatable bonds is 4. The van der Waals surface area contributed by atoms with Gasteiger partial charge in [-0.05, 0) is 24.3 Å². The van der Waals surface area contributed by atoms with E-state index < -0.39 is 9.84 Å². The number of nitrogens with one attached hydrogen (secondary N) is 1. The van der Waals surface area contributed by atoms with Gasteiger partial charge < -0.3 is 14.5 Å². The van der Waals surface area contributed by atoms with Crippen molar-refractivity contribution in [3.63, 3.8) is 0 Å². The van der Waals surface area contributed by atoms with Crippen molar-refractivity contribution >= 4 is 27.3 Å². The number of carbonyl (C=O) groups is 1. The van der Waals surface area contributed by atoms with Crippen molar-refractivity contribution in [2.45, 2.75) is 12.5 Å². The topological polar surface area (TPSA) is 68.1 Å². The monoisotopic (exact) mass is 373 g/mol. The molecule has 1 amide bonds. The molecule has 0 saturated carbocycles. The van der Waals surface area contributed by atoms with Crippen LogP contribution in [0.3, 0.4) is 0 Å². The zero-order chi connectivity index (χ0) is 17.2. The fourth-order valence-electron chi connectivity index (χ4n) is 3.34. The van der Waals surface area contributed by atoms with Crippen molar-refractivity contribution in [3.05, 3.63) is 29.3 Å². The van der Waals surface area contributed by atoms with Crippen molar-refractivity contribution in [1.29, 1.82) is 0 Å². The molecule has 1 aromatic carbocycles. The summed E-state index contributed by atoms with van der Waals surface area (Å²) in [4.78, 5) is 15.3. The number of hydrogen-bond donors (Lipinski definition) is 1. The van der Waals surface area contributed by atoms with Crippen LogP contribution in [-0.2, 0) is 14.6 Å². The molecule has 1 aromatic rings. The lowest BCUT2D eigenvalue weighted by molar-refractivity contribution is -0.925. The zero-order valence-corrected chi connectivity index (χ0v) is 15.0. The Hall–Kier alpha value is -1.31. The first-order valence-corrected chi connectivity index (χ1v) is 10.3. The molecule has 2 heterocycles. The average molecular weight is 374 g/mol. The first-order chi connectivity index (χ1) is 11.4. The smallest absolute Gasteiger partial charge is 0.260 e. The lowest BCUT2D eigenvalue weighted by Crippen LogP contribution is -3.18. The van der Waals surface area contributed by atoms with E-state index in [0.29, 0.717) is 29.6 Å². The summed E-state index contributed by atoms with van der Waals surface area (Å²) < 4.78 is 28.7. The van der Waals surface area contributed by atoms with Crippen LogP contribution in [0.5, 0.6) is 5.75 Å². The molecular formula is C16H22ClN2O4S+. The van der Waals surface area contributed by atoms with Gasteiger partial charge in [-0.2, -0.15) is 0 Å². The number of halogens is 1. The van der Waals surface area contributed by atoms with E-state index in [-0.39, 0.29) is 24.3 Å². The van der Waals surface area contributed by atoms with Gasteiger partial charge in [0.05, 0.1) is 31.9 Å². The Morgan fingerprint density at radius 1 is 1.25 bits per heavy atom. The van der Waals surface area contributed by atoms with Crippen molar-refractivity contribution in [2.75, 3.05) is 44.3 Å². The second-order valence-electron chi connectivity index (χ2n) is 6.38. The Morgan fingerprint density at radius 2 is 1.92 bits per heavy atom. The van der Waals surface area contributed by atoms with Crippen LogP contribution in [0.15, 0.2) is 24.3 Å². The maximum atomic E-state index is 12.2. The highest BCUT2D eigenvalue weighted by molar-refractivity contribution is 7.91. The number of carbonyl (C=O) groups excluding carboxylic acids is 1. The second-order valence-corrected chi connectivity index (χ2v) is 9.05. The summed E-state index contributed by atoms with van der Waals surface area (Å²) in [5, 5.41) is 0.627. The van der Waals surface area contributed by atoms with Crippen molar-refractivity contribution in [2.24, 2.45) is 0 Å². The lowest BCUT2D eigenvalue weighted by atomic mass is 10.2. The Balaban J connectivity index is 1.44. The predicted octanol–water partition coefficient (Wildman–Crippen LogP) is -0.367. The fraction of sp³-hybridized carbons (Fsp3) is 0.562. The van der Waals surface area contributed by atoms with Crippen LogP contribution in [0.25, 0.3) is 0 Å². The molecule has 8 heteroatoms. The SMILES string of the molecule is O=C(COc1ccc(Cl)cc1)N1CC[NH+]([C@H]2CCS(=O)(=O)C2)CC1. The second kappa shape index (κ2) is 7.29. The van der Waals surface area contributed by atoms with Gasteiger partial charge in [0.25, 0.3) is 5.91 Å². The molecule has 0 aliphatic carbocycles. The van der Waals surface area contributed by atoms with Gasteiger partial charge >= 0.3 is 0 Å². The third-order valence-electron chi connectivity index (χ3n) is 4.74. The number of quaternary nitrogens is 1. The first-order valence-electron chi connectivity index (χ1n) is 8.14. The summed E-state index contributed by atoms with van der Waals surface area (Å²) >= 11 is 5.81. The van der Waals surface area contributed by atoms with E-state index in [2.05, 4.69) is 0 Å². The van der Waals surface area contributed by atoms with Gasteiger partial charge in [-0.25, -0.2) is 8.42 Å². The Labute approximate surface area is 147 Å². The fourth-order valence-corrected chi connectivity index (χ4v) is 5.29. The molecule has 132 valence electrons. The molecule has 6 nitrogen and oxygen atoms in total. The molecule has 2 aliphatic heterocycles. The standard InChI is InChI=1S/C16H21ClN2O4S/c17-13-1-3-15(4-2-13)23-11-16(20)19-8-6-18(7-9-19)14-5-10-24(21,22)12-14/h1-4,14H,5-12H2/p+1/t14-/m0/s1. The summed E-state index contributed by atoms with van der Waals surface area (Å²) in [6.45, 7) is 2.90. The molecule has 0 unspecified atom stereocenters. The van der Waals surface area contributed by atoms with Gasteiger partial charge in [0.15, 0.2) is 16.4 Å². The summed E-state index contributed by atoms with van der Waals surface area (Å²) in [5.41, 5.74) is 0. The summed E-state index contributed by atoms with van der Waals surface area (Å²) in [5.74, 6) is 1.17. The minimum absolute atomic E-state index is 0.00870. The zero-order valence-electron chi connectivity index (χ0n) is 13.4. The molecule has 24 heavy (non-hydrogen) atoms. The van der Waals surface area contributed by atoms with Gasteiger partial charge in [-0.15, -0.1) is 0 Å². The van der Waals surface area contributed by atoms with E-state index in [1.165, 1.54) is 4.90 Å². The summed E-state index contributed by atoms with van der Waals surface area (Å²) in [7, 11) is -2.85. The van der Waals surface area contributed by atoms with E-state index in [4.69, 9.17) is 16.3 Å². The van der Waals surface area contributed by atoms with E-state index in [1.54, 1.807) is 29.2 Å². The minimum atomic E-state index is -2.85. The number of sulfone groups is 1. The number of piperazine rings is 1. The van der Waals surface area contributed by atoms with Crippen molar-refractivity contribution in [3.8, 4) is 5.75 Å². The highest BCUT2D eigenvalue weighted by Crippen LogP contribution is 2.15. The molecule has 2 fully saturated rings. The third-order valence-corrected chi connectivity index (χ3v) is 6.76. The number of benzene rings is 1. The number of hydrogen-bond acceptors (Lipinski definition) is 4. The maximum absolute atomic E-state index is 12.2. The third kappa shape index (κ3) is 4.40. The largest absolute Gasteiger partial charge is 0.484 e. The number of amides is 1. The quantitative estimate of drug-likeness (QED) is 0.782. The van der Waals surface area contributed by atoms with E-state index in [0.717, 1.165) is 19.5 Å². The molecule has 3 rings (SSSR count). The van der Waals surface area contributed by atoms with Gasteiger partial charge in [0.2, 0.25) is 0 Å². The van der Waals surface area contributed by atoms with Crippen LogP contribution >= 0.6 is 11.6 Å². The van der Waals surface area contributed by atoms with Crippen LogP contribution in [0, 0.1) is 0 Å². The van der Waals surface area contributed by atoms with Gasteiger partial charge in [0.1, 0.15) is 17.5 Å². The molecule has 0 aromatic heterocycles. The highest BCUT2D eigenvalue weighted by atomic mass is 35.5. The van der Waals surface area contributed by atoms with Crippen LogP contribution < -0.4 is 9.64 Å². The van der Waals surface area contributed by atoms with E-state index in [9.17, 15) is 13.2 Å². The van der Waals surface area contributed by atoms with E-state index in [1.807, 2.05) is 0 Å². The van der Waals surface area contributed by atoms with Crippen molar-refractivity contribution < 1.29 is 22.8 Å². The molecule has 0 bridgehead atoms. The summed E-state index contributed by atoms with van der Waals surface area (Å²) in [6.07, 6.45) is 0.741. The van der Waals surface area contributed by atoms with Gasteiger partial charge in [-0.3, -0.25) is 4.79 Å². The van der Waals surface area contributed by atoms with Crippen molar-refractivity contribution in [1.82, 2.24) is 4.90 Å². The first kappa shape index (κ1) is 17.5. The Morgan fingerprint density at radius 3 is 2.50 bits per heavy atom. The van der Waals surface area contributed by atoms with Crippen LogP contribution in [0.4, 0.5) is 0 Å². The number of nitrogens with zero attached hydrogens (tertiary/aromatic N) is 1. The molecule has 1 N–H and O–H groups in total. The predicted molar refractivity (Wildman–Crippen MR) is 91.3 cm³/mol. The highest BCUT2D eigenvalue weighted by Gasteiger charge is 2.37. The van der Waals surface area contributed by atoms with E-state index >= 15 is 0 Å². The Bertz CT molecular complexity index is 685. The normalized spacial score (nSPS) is 24.0. The lowest BCUT2D eigenvalue weighted by Gasteiger charge is -2.34. The van der Waals surface area contributed by atoms with Gasteiger partial charge in [0, 0.05) is 11.4 Å². The van der Waals surface area contributed by atoms with Crippen LogP contribution in [0.2, 0.25) is 5.02 Å². The van der Waals surface area contributed by atoms with Crippen LogP contribution in [-0.4, -0.2) is 69.6 Å². The number of ether oxygens (including phenoxy) is 1. The molecule has 2 saturated heterocycles. The van der Waals surface area contributed by atoms with Gasteiger partial charge in [-0.1, -0.05) is 11.6 Å². The minimum Gasteiger partial charge on any atom is -0.484 e. The molecule has 0 radical (unpaired) electrons. The molecular weight excluding hydrogens is 352 g/mol. The molecule has 0 spiro atoms. The molecule has 2 aliphatic rings.